The van der Waals surface area contributed by atoms with Crippen LogP contribution in [0.25, 0.3) is 10.8 Å². The molecule has 0 aliphatic carbocycles. The molecule has 0 spiro atoms. The quantitative estimate of drug-likeness (QED) is 0.725. The maximum Gasteiger partial charge on any atom is 0.184 e. The summed E-state index contributed by atoms with van der Waals surface area (Å²) in [7, 11) is 0. The SMILES string of the molecule is Cc1ccc(C2OCCO2)c2ccccc12. The fourth-order valence-corrected chi connectivity index (χ4v) is 2.22. The van der Waals surface area contributed by atoms with Crippen molar-refractivity contribution in [1.82, 2.24) is 0 Å². The first kappa shape index (κ1) is 9.82. The molecule has 1 heterocycles. The molecule has 1 aliphatic heterocycles. The van der Waals surface area contributed by atoms with Crippen molar-refractivity contribution in [1.29, 1.82) is 0 Å². The fraction of sp³-hybridized carbons (Fsp3) is 0.286. The van der Waals surface area contributed by atoms with Crippen LogP contribution >= 0.6 is 0 Å². The van der Waals surface area contributed by atoms with Crippen molar-refractivity contribution < 1.29 is 9.47 Å². The zero-order valence-electron chi connectivity index (χ0n) is 9.27. The number of benzene rings is 2. The first-order valence-corrected chi connectivity index (χ1v) is 5.58. The van der Waals surface area contributed by atoms with Gasteiger partial charge in [0.2, 0.25) is 0 Å². The molecule has 3 rings (SSSR count). The number of hydrogen-bond donors (Lipinski definition) is 0. The van der Waals surface area contributed by atoms with Crippen molar-refractivity contribution in [3.8, 4) is 0 Å². The van der Waals surface area contributed by atoms with Crippen LogP contribution in [0.3, 0.4) is 0 Å². The Balaban J connectivity index is 2.21. The highest BCUT2D eigenvalue weighted by atomic mass is 16.7. The molecular weight excluding hydrogens is 200 g/mol. The minimum atomic E-state index is -0.189. The van der Waals surface area contributed by atoms with Crippen LogP contribution in [0, 0.1) is 6.92 Å². The van der Waals surface area contributed by atoms with E-state index in [1.165, 1.54) is 16.3 Å². The second kappa shape index (κ2) is 3.89. The van der Waals surface area contributed by atoms with Crippen LogP contribution in [0.5, 0.6) is 0 Å². The molecule has 0 N–H and O–H groups in total. The first-order valence-electron chi connectivity index (χ1n) is 5.58. The summed E-state index contributed by atoms with van der Waals surface area (Å²) < 4.78 is 11.1. The zero-order valence-corrected chi connectivity index (χ0v) is 9.27. The molecule has 0 bridgehead atoms. The number of ether oxygens (including phenoxy) is 2. The van der Waals surface area contributed by atoms with Gasteiger partial charge in [-0.3, -0.25) is 0 Å². The Morgan fingerprint density at radius 3 is 2.38 bits per heavy atom. The fourth-order valence-electron chi connectivity index (χ4n) is 2.22. The van der Waals surface area contributed by atoms with Gasteiger partial charge in [0.25, 0.3) is 0 Å². The average Bonchev–Trinajstić information content (AvgIpc) is 2.83. The Labute approximate surface area is 94.8 Å². The Bertz CT molecular complexity index is 513. The summed E-state index contributed by atoms with van der Waals surface area (Å²) in [6, 6.07) is 12.6. The summed E-state index contributed by atoms with van der Waals surface area (Å²) in [5.74, 6) is 0. The van der Waals surface area contributed by atoms with Gasteiger partial charge in [0.15, 0.2) is 6.29 Å². The van der Waals surface area contributed by atoms with Gasteiger partial charge in [0.05, 0.1) is 13.2 Å². The predicted octanol–water partition coefficient (Wildman–Crippen LogP) is 3.19. The van der Waals surface area contributed by atoms with Gasteiger partial charge in [-0.05, 0) is 23.3 Å². The molecule has 0 unspecified atom stereocenters. The molecule has 2 heteroatoms. The van der Waals surface area contributed by atoms with E-state index in [-0.39, 0.29) is 6.29 Å². The summed E-state index contributed by atoms with van der Waals surface area (Å²) in [5, 5.41) is 2.51. The number of rotatable bonds is 1. The number of aryl methyl sites for hydroxylation is 1. The van der Waals surface area contributed by atoms with E-state index in [0.717, 1.165) is 5.56 Å². The maximum absolute atomic E-state index is 5.56. The van der Waals surface area contributed by atoms with Crippen LogP contribution in [-0.4, -0.2) is 13.2 Å². The van der Waals surface area contributed by atoms with E-state index in [0.29, 0.717) is 13.2 Å². The molecule has 0 atom stereocenters. The lowest BCUT2D eigenvalue weighted by Gasteiger charge is -2.13. The second-order valence-corrected chi connectivity index (χ2v) is 4.09. The molecule has 0 aromatic heterocycles. The largest absolute Gasteiger partial charge is 0.346 e. The Kier molecular flexibility index (Phi) is 2.39. The standard InChI is InChI=1S/C14H14O2/c1-10-6-7-13(14-15-8-9-16-14)12-5-3-2-4-11(10)12/h2-7,14H,8-9H2,1H3. The van der Waals surface area contributed by atoms with E-state index >= 15 is 0 Å². The minimum absolute atomic E-state index is 0.189. The second-order valence-electron chi connectivity index (χ2n) is 4.09. The third-order valence-corrected chi connectivity index (χ3v) is 3.05. The summed E-state index contributed by atoms with van der Waals surface area (Å²) in [6.45, 7) is 3.50. The molecule has 2 aromatic carbocycles. The molecule has 1 saturated heterocycles. The van der Waals surface area contributed by atoms with Crippen molar-refractivity contribution in [2.24, 2.45) is 0 Å². The zero-order chi connectivity index (χ0) is 11.0. The maximum atomic E-state index is 5.56. The highest BCUT2D eigenvalue weighted by molar-refractivity contribution is 5.88. The topological polar surface area (TPSA) is 18.5 Å². The summed E-state index contributed by atoms with van der Waals surface area (Å²) in [5.41, 5.74) is 2.43. The van der Waals surface area contributed by atoms with Gasteiger partial charge in [-0.2, -0.15) is 0 Å². The smallest absolute Gasteiger partial charge is 0.184 e. The average molecular weight is 214 g/mol. The molecule has 2 nitrogen and oxygen atoms in total. The van der Waals surface area contributed by atoms with E-state index in [1.807, 2.05) is 0 Å². The molecule has 16 heavy (non-hydrogen) atoms. The van der Waals surface area contributed by atoms with E-state index in [4.69, 9.17) is 9.47 Å². The molecule has 0 radical (unpaired) electrons. The molecule has 2 aromatic rings. The van der Waals surface area contributed by atoms with Gasteiger partial charge in [-0.25, -0.2) is 0 Å². The molecule has 1 aliphatic rings. The van der Waals surface area contributed by atoms with Crippen molar-refractivity contribution in [2.45, 2.75) is 13.2 Å². The van der Waals surface area contributed by atoms with Crippen LogP contribution in [-0.2, 0) is 9.47 Å². The van der Waals surface area contributed by atoms with Crippen LogP contribution in [0.1, 0.15) is 17.4 Å². The van der Waals surface area contributed by atoms with Gasteiger partial charge in [0.1, 0.15) is 0 Å². The van der Waals surface area contributed by atoms with Gasteiger partial charge in [0, 0.05) is 5.56 Å². The van der Waals surface area contributed by atoms with Gasteiger partial charge >= 0.3 is 0 Å². The van der Waals surface area contributed by atoms with Crippen LogP contribution in [0.15, 0.2) is 36.4 Å². The van der Waals surface area contributed by atoms with Crippen molar-refractivity contribution in [3.63, 3.8) is 0 Å². The first-order chi connectivity index (χ1) is 7.86. The number of hydrogen-bond acceptors (Lipinski definition) is 2. The van der Waals surface area contributed by atoms with E-state index in [2.05, 4.69) is 43.3 Å². The van der Waals surface area contributed by atoms with Crippen molar-refractivity contribution >= 4 is 10.8 Å². The lowest BCUT2D eigenvalue weighted by Crippen LogP contribution is -1.99. The van der Waals surface area contributed by atoms with Crippen LogP contribution in [0.2, 0.25) is 0 Å². The molecule has 0 amide bonds. The van der Waals surface area contributed by atoms with E-state index < -0.39 is 0 Å². The summed E-state index contributed by atoms with van der Waals surface area (Å²) in [4.78, 5) is 0. The molecule has 0 saturated carbocycles. The predicted molar refractivity (Wildman–Crippen MR) is 63.3 cm³/mol. The monoisotopic (exact) mass is 214 g/mol. The van der Waals surface area contributed by atoms with E-state index in [9.17, 15) is 0 Å². The third kappa shape index (κ3) is 1.51. The highest BCUT2D eigenvalue weighted by Gasteiger charge is 2.20. The Morgan fingerprint density at radius 1 is 0.938 bits per heavy atom. The van der Waals surface area contributed by atoms with Gasteiger partial charge < -0.3 is 9.47 Å². The lowest BCUT2D eigenvalue weighted by atomic mass is 10.00. The summed E-state index contributed by atoms with van der Waals surface area (Å²) >= 11 is 0. The molecule has 82 valence electrons. The highest BCUT2D eigenvalue weighted by Crippen LogP contribution is 2.31. The molecule has 1 fully saturated rings. The van der Waals surface area contributed by atoms with Crippen LogP contribution < -0.4 is 0 Å². The Morgan fingerprint density at radius 2 is 1.62 bits per heavy atom. The minimum Gasteiger partial charge on any atom is -0.346 e. The molecular formula is C14H14O2. The normalized spacial score (nSPS) is 17.1. The van der Waals surface area contributed by atoms with Gasteiger partial charge in [-0.1, -0.05) is 36.4 Å². The van der Waals surface area contributed by atoms with E-state index in [1.54, 1.807) is 0 Å². The van der Waals surface area contributed by atoms with Crippen molar-refractivity contribution in [3.05, 3.63) is 47.5 Å². The third-order valence-electron chi connectivity index (χ3n) is 3.05. The Hall–Kier alpha value is -1.38. The number of fused-ring (bicyclic) bond motifs is 1. The van der Waals surface area contributed by atoms with Crippen molar-refractivity contribution in [2.75, 3.05) is 13.2 Å². The van der Waals surface area contributed by atoms with Gasteiger partial charge in [-0.15, -0.1) is 0 Å². The van der Waals surface area contributed by atoms with Crippen LogP contribution in [0.4, 0.5) is 0 Å². The summed E-state index contributed by atoms with van der Waals surface area (Å²) in [6.07, 6.45) is -0.189. The lowest BCUT2D eigenvalue weighted by molar-refractivity contribution is -0.0430.